The maximum Gasteiger partial charge on any atom is 0.240 e. The van der Waals surface area contributed by atoms with Gasteiger partial charge in [-0.15, -0.1) is 0 Å². The Morgan fingerprint density at radius 1 is 0.760 bits per heavy atom. The third kappa shape index (κ3) is 3.16. The second-order valence-electron chi connectivity index (χ2n) is 6.99. The smallest absolute Gasteiger partial charge is 0.240 e. The van der Waals surface area contributed by atoms with Crippen LogP contribution in [-0.2, 0) is 9.59 Å². The lowest BCUT2D eigenvalue weighted by Gasteiger charge is -2.18. The van der Waals surface area contributed by atoms with E-state index in [0.29, 0.717) is 12.8 Å². The molecule has 4 nitrogen and oxygen atoms in total. The predicted molar refractivity (Wildman–Crippen MR) is 101 cm³/mol. The lowest BCUT2D eigenvalue weighted by atomic mass is 10.0. The van der Waals surface area contributed by atoms with E-state index in [1.165, 1.54) is 0 Å². The maximum absolute atomic E-state index is 12.8. The second-order valence-corrected chi connectivity index (χ2v) is 6.99. The van der Waals surface area contributed by atoms with Crippen molar-refractivity contribution >= 4 is 23.2 Å². The largest absolute Gasteiger partial charge is 0.325 e. The molecule has 0 bridgehead atoms. The highest BCUT2D eigenvalue weighted by Crippen LogP contribution is 2.47. The molecule has 0 saturated heterocycles. The molecule has 2 amide bonds. The summed E-state index contributed by atoms with van der Waals surface area (Å²) in [6, 6.07) is 11.6. The van der Waals surface area contributed by atoms with Crippen molar-refractivity contribution in [2.75, 3.05) is 10.6 Å². The van der Waals surface area contributed by atoms with Gasteiger partial charge < -0.3 is 10.6 Å². The first-order chi connectivity index (χ1) is 11.8. The second kappa shape index (κ2) is 6.36. The monoisotopic (exact) mass is 336 g/mol. The van der Waals surface area contributed by atoms with Gasteiger partial charge in [-0.2, -0.15) is 0 Å². The Bertz CT molecular complexity index is 783. The zero-order valence-corrected chi connectivity index (χ0v) is 15.2. The van der Waals surface area contributed by atoms with E-state index in [4.69, 9.17) is 0 Å². The Labute approximate surface area is 148 Å². The van der Waals surface area contributed by atoms with Gasteiger partial charge in [0.25, 0.3) is 0 Å². The van der Waals surface area contributed by atoms with Gasteiger partial charge in [-0.1, -0.05) is 24.3 Å². The topological polar surface area (TPSA) is 58.2 Å². The minimum Gasteiger partial charge on any atom is -0.325 e. The molecule has 1 fully saturated rings. The van der Waals surface area contributed by atoms with Gasteiger partial charge in [-0.3, -0.25) is 9.59 Å². The number of carbonyl (C=O) groups is 2. The van der Waals surface area contributed by atoms with Gasteiger partial charge in [0.1, 0.15) is 5.41 Å². The van der Waals surface area contributed by atoms with Crippen LogP contribution in [0.1, 0.15) is 35.1 Å². The molecule has 0 spiro atoms. The number of rotatable bonds is 4. The highest BCUT2D eigenvalue weighted by Gasteiger charge is 2.56. The Morgan fingerprint density at radius 2 is 1.16 bits per heavy atom. The molecule has 25 heavy (non-hydrogen) atoms. The number of hydrogen-bond acceptors (Lipinski definition) is 2. The van der Waals surface area contributed by atoms with Crippen molar-refractivity contribution in [1.82, 2.24) is 0 Å². The maximum atomic E-state index is 12.8. The number of benzene rings is 2. The molecule has 1 aliphatic rings. The van der Waals surface area contributed by atoms with E-state index in [-0.39, 0.29) is 11.8 Å². The lowest BCUT2D eigenvalue weighted by molar-refractivity contribution is -0.131. The van der Waals surface area contributed by atoms with Gasteiger partial charge in [0.2, 0.25) is 11.8 Å². The molecule has 3 rings (SSSR count). The number of carbonyl (C=O) groups excluding carboxylic acids is 2. The van der Waals surface area contributed by atoms with Crippen LogP contribution in [0, 0.1) is 33.1 Å². The van der Waals surface area contributed by atoms with Crippen molar-refractivity contribution in [3.05, 3.63) is 58.7 Å². The highest BCUT2D eigenvalue weighted by atomic mass is 16.2. The Balaban J connectivity index is 1.77. The van der Waals surface area contributed by atoms with Crippen molar-refractivity contribution < 1.29 is 9.59 Å². The van der Waals surface area contributed by atoms with Crippen molar-refractivity contribution in [2.45, 2.75) is 40.5 Å². The van der Waals surface area contributed by atoms with Crippen LogP contribution in [-0.4, -0.2) is 11.8 Å². The fourth-order valence-electron chi connectivity index (χ4n) is 2.94. The molecule has 130 valence electrons. The predicted octanol–water partition coefficient (Wildman–Crippen LogP) is 4.28. The number of aryl methyl sites for hydroxylation is 2. The quantitative estimate of drug-likeness (QED) is 0.819. The summed E-state index contributed by atoms with van der Waals surface area (Å²) in [6.07, 6.45) is 1.17. The molecule has 0 radical (unpaired) electrons. The molecule has 1 aliphatic carbocycles. The van der Waals surface area contributed by atoms with Gasteiger partial charge in [0, 0.05) is 11.4 Å². The van der Waals surface area contributed by atoms with E-state index in [2.05, 4.69) is 10.6 Å². The molecule has 0 heterocycles. The number of nitrogens with one attached hydrogen (secondary N) is 2. The van der Waals surface area contributed by atoms with E-state index in [1.807, 2.05) is 64.1 Å². The van der Waals surface area contributed by atoms with Gasteiger partial charge >= 0.3 is 0 Å². The van der Waals surface area contributed by atoms with E-state index in [0.717, 1.165) is 33.6 Å². The average molecular weight is 336 g/mol. The molecule has 0 aliphatic heterocycles. The number of hydrogen-bond donors (Lipinski definition) is 2. The molecule has 0 aromatic heterocycles. The standard InChI is InChI=1S/C21H24N2O2/c1-13-7-5-9-17(15(13)3)22-19(24)21(11-12-21)20(25)23-18-10-6-8-14(2)16(18)4/h5-10H,11-12H2,1-4H3,(H,22,24)(H,23,25). The minimum absolute atomic E-state index is 0.219. The summed E-state index contributed by atoms with van der Waals surface area (Å²) in [4.78, 5) is 25.5. The fourth-order valence-corrected chi connectivity index (χ4v) is 2.94. The fraction of sp³-hybridized carbons (Fsp3) is 0.333. The number of anilines is 2. The summed E-state index contributed by atoms with van der Waals surface area (Å²) in [7, 11) is 0. The summed E-state index contributed by atoms with van der Waals surface area (Å²) in [5.74, 6) is -0.437. The van der Waals surface area contributed by atoms with Gasteiger partial charge in [-0.25, -0.2) is 0 Å². The van der Waals surface area contributed by atoms with E-state index >= 15 is 0 Å². The first-order valence-corrected chi connectivity index (χ1v) is 8.60. The molecule has 0 atom stereocenters. The third-order valence-corrected chi connectivity index (χ3v) is 5.32. The van der Waals surface area contributed by atoms with Gasteiger partial charge in [0.05, 0.1) is 0 Å². The summed E-state index contributed by atoms with van der Waals surface area (Å²) in [6.45, 7) is 7.96. The summed E-state index contributed by atoms with van der Waals surface area (Å²) in [5, 5.41) is 5.89. The third-order valence-electron chi connectivity index (χ3n) is 5.32. The van der Waals surface area contributed by atoms with Crippen LogP contribution in [0.3, 0.4) is 0 Å². The van der Waals surface area contributed by atoms with E-state index in [9.17, 15) is 9.59 Å². The molecule has 4 heteroatoms. The van der Waals surface area contributed by atoms with Crippen molar-refractivity contribution in [1.29, 1.82) is 0 Å². The average Bonchev–Trinajstić information content (AvgIpc) is 3.38. The summed E-state index contributed by atoms with van der Waals surface area (Å²) < 4.78 is 0. The zero-order chi connectivity index (χ0) is 18.2. The highest BCUT2D eigenvalue weighted by molar-refractivity contribution is 6.17. The van der Waals surface area contributed by atoms with Gasteiger partial charge in [-0.05, 0) is 74.9 Å². The Hall–Kier alpha value is -2.62. The molecular formula is C21H24N2O2. The van der Waals surface area contributed by atoms with E-state index < -0.39 is 5.41 Å². The first-order valence-electron chi connectivity index (χ1n) is 8.60. The molecule has 1 saturated carbocycles. The lowest BCUT2D eigenvalue weighted by Crippen LogP contribution is -2.36. The summed E-state index contributed by atoms with van der Waals surface area (Å²) >= 11 is 0. The first kappa shape index (κ1) is 17.2. The minimum atomic E-state index is -0.952. The van der Waals surface area contributed by atoms with Crippen molar-refractivity contribution in [3.8, 4) is 0 Å². The van der Waals surface area contributed by atoms with Crippen molar-refractivity contribution in [2.24, 2.45) is 5.41 Å². The summed E-state index contributed by atoms with van der Waals surface area (Å²) in [5.41, 5.74) is 4.88. The van der Waals surface area contributed by atoms with Crippen LogP contribution in [0.4, 0.5) is 11.4 Å². The van der Waals surface area contributed by atoms with Gasteiger partial charge in [0.15, 0.2) is 0 Å². The van der Waals surface area contributed by atoms with E-state index in [1.54, 1.807) is 0 Å². The van der Waals surface area contributed by atoms with Crippen LogP contribution in [0.25, 0.3) is 0 Å². The van der Waals surface area contributed by atoms with Crippen LogP contribution in [0.2, 0.25) is 0 Å². The molecule has 0 unspecified atom stereocenters. The SMILES string of the molecule is Cc1cccc(NC(=O)C2(C(=O)Nc3cccc(C)c3C)CC2)c1C. The van der Waals surface area contributed by atoms with Crippen LogP contribution in [0.5, 0.6) is 0 Å². The molecular weight excluding hydrogens is 312 g/mol. The Kier molecular flexibility index (Phi) is 4.38. The van der Waals surface area contributed by atoms with Crippen LogP contribution in [0.15, 0.2) is 36.4 Å². The van der Waals surface area contributed by atoms with Crippen LogP contribution < -0.4 is 10.6 Å². The van der Waals surface area contributed by atoms with Crippen LogP contribution >= 0.6 is 0 Å². The normalized spacial score (nSPS) is 14.7. The molecule has 2 aromatic carbocycles. The molecule has 2 N–H and O–H groups in total. The zero-order valence-electron chi connectivity index (χ0n) is 15.2. The van der Waals surface area contributed by atoms with Crippen molar-refractivity contribution in [3.63, 3.8) is 0 Å². The molecule has 2 aromatic rings. The Morgan fingerprint density at radius 3 is 1.52 bits per heavy atom. The number of amides is 2.